The molecule has 1 aromatic heterocycles. The zero-order chi connectivity index (χ0) is 23.9. The molecule has 0 atom stereocenters. The number of anilines is 1. The molecule has 0 unspecified atom stereocenters. The van der Waals surface area contributed by atoms with Crippen molar-refractivity contribution in [1.82, 2.24) is 4.98 Å². The third kappa shape index (κ3) is 4.08. The fraction of sp³-hybridized carbons (Fsp3) is 0.0741. The van der Waals surface area contributed by atoms with Gasteiger partial charge in [-0.05, 0) is 49.2 Å². The van der Waals surface area contributed by atoms with Gasteiger partial charge in [-0.15, -0.1) is 0 Å². The molecule has 0 aliphatic heterocycles. The van der Waals surface area contributed by atoms with Crippen LogP contribution in [0.15, 0.2) is 99.7 Å². The lowest BCUT2D eigenvalue weighted by atomic mass is 10.1. The predicted molar refractivity (Wildman–Crippen MR) is 138 cm³/mol. The van der Waals surface area contributed by atoms with Crippen molar-refractivity contribution >= 4 is 49.1 Å². The van der Waals surface area contributed by atoms with Gasteiger partial charge in [0, 0.05) is 27.3 Å². The van der Waals surface area contributed by atoms with Crippen molar-refractivity contribution in [2.75, 3.05) is 4.72 Å². The van der Waals surface area contributed by atoms with E-state index in [2.05, 4.69) is 9.71 Å². The van der Waals surface area contributed by atoms with Crippen LogP contribution in [0.1, 0.15) is 11.1 Å². The molecule has 2 N–H and O–H groups in total. The zero-order valence-electron chi connectivity index (χ0n) is 18.6. The van der Waals surface area contributed by atoms with Crippen LogP contribution in [0.2, 0.25) is 0 Å². The summed E-state index contributed by atoms with van der Waals surface area (Å²) in [7, 11) is -3.85. The Hall–Kier alpha value is -3.55. The number of pyridine rings is 1. The van der Waals surface area contributed by atoms with Crippen molar-refractivity contribution < 1.29 is 13.5 Å². The maximum Gasteiger partial charge on any atom is 0.262 e. The van der Waals surface area contributed by atoms with Crippen molar-refractivity contribution in [3.8, 4) is 5.75 Å². The van der Waals surface area contributed by atoms with E-state index in [9.17, 15) is 13.5 Å². The first-order chi connectivity index (χ1) is 16.3. The molecule has 5 rings (SSSR count). The van der Waals surface area contributed by atoms with Gasteiger partial charge in [-0.25, -0.2) is 8.42 Å². The van der Waals surface area contributed by atoms with Crippen LogP contribution in [-0.2, 0) is 10.0 Å². The van der Waals surface area contributed by atoms with Crippen LogP contribution in [0.5, 0.6) is 5.75 Å². The Balaban J connectivity index is 1.64. The normalized spacial score (nSPS) is 11.7. The number of nitrogens with zero attached hydrogens (tertiary/aromatic N) is 1. The lowest BCUT2D eigenvalue weighted by molar-refractivity contribution is 0.469. The van der Waals surface area contributed by atoms with Crippen molar-refractivity contribution in [2.45, 2.75) is 28.5 Å². The molecule has 0 saturated heterocycles. The van der Waals surface area contributed by atoms with E-state index in [1.165, 1.54) is 11.8 Å². The highest BCUT2D eigenvalue weighted by atomic mass is 32.2. The van der Waals surface area contributed by atoms with Gasteiger partial charge < -0.3 is 5.11 Å². The summed E-state index contributed by atoms with van der Waals surface area (Å²) in [6.45, 7) is 3.64. The highest BCUT2D eigenvalue weighted by Gasteiger charge is 2.21. The third-order valence-electron chi connectivity index (χ3n) is 5.67. The Labute approximate surface area is 202 Å². The maximum atomic E-state index is 13.4. The molecule has 0 bridgehead atoms. The van der Waals surface area contributed by atoms with Crippen molar-refractivity contribution in [3.63, 3.8) is 0 Å². The molecule has 0 aliphatic carbocycles. The number of aryl methyl sites for hydroxylation is 2. The molecule has 7 heteroatoms. The lowest BCUT2D eigenvalue weighted by Crippen LogP contribution is -2.15. The second kappa shape index (κ2) is 8.66. The number of aromatic hydroxyl groups is 1. The van der Waals surface area contributed by atoms with Crippen LogP contribution in [0.25, 0.3) is 21.7 Å². The van der Waals surface area contributed by atoms with Gasteiger partial charge in [-0.2, -0.15) is 0 Å². The number of para-hydroxylation sites is 1. The number of rotatable bonds is 5. The van der Waals surface area contributed by atoms with E-state index in [4.69, 9.17) is 0 Å². The Morgan fingerprint density at radius 1 is 0.853 bits per heavy atom. The fourth-order valence-electron chi connectivity index (χ4n) is 3.97. The Morgan fingerprint density at radius 2 is 1.62 bits per heavy atom. The number of hydrogen-bond acceptors (Lipinski definition) is 5. The first-order valence-corrected chi connectivity index (χ1v) is 13.0. The number of phenols is 1. The molecule has 0 radical (unpaired) electrons. The van der Waals surface area contributed by atoms with Crippen LogP contribution in [0.4, 0.5) is 5.69 Å². The van der Waals surface area contributed by atoms with E-state index >= 15 is 0 Å². The molecule has 5 aromatic rings. The van der Waals surface area contributed by atoms with E-state index in [1.54, 1.807) is 43.5 Å². The van der Waals surface area contributed by atoms with Crippen molar-refractivity contribution in [3.05, 3.63) is 96.2 Å². The van der Waals surface area contributed by atoms with E-state index in [0.717, 1.165) is 21.4 Å². The molecule has 4 aromatic carbocycles. The molecular weight excluding hydrogens is 464 g/mol. The molecule has 5 nitrogen and oxygen atoms in total. The third-order valence-corrected chi connectivity index (χ3v) is 8.26. The maximum absolute atomic E-state index is 13.4. The summed E-state index contributed by atoms with van der Waals surface area (Å²) >= 11 is 1.35. The summed E-state index contributed by atoms with van der Waals surface area (Å²) in [5.41, 5.74) is 2.75. The van der Waals surface area contributed by atoms with Crippen molar-refractivity contribution in [1.29, 1.82) is 0 Å². The van der Waals surface area contributed by atoms with E-state index < -0.39 is 10.0 Å². The molecule has 0 saturated carbocycles. The second-order valence-corrected chi connectivity index (χ2v) is 10.9. The number of benzene rings is 4. The minimum atomic E-state index is -3.85. The summed E-state index contributed by atoms with van der Waals surface area (Å²) < 4.78 is 29.5. The molecule has 0 aliphatic rings. The van der Waals surface area contributed by atoms with Gasteiger partial charge in [-0.3, -0.25) is 9.71 Å². The number of phenolic OH excluding ortho intramolecular Hbond substituents is 1. The van der Waals surface area contributed by atoms with Crippen LogP contribution in [-0.4, -0.2) is 18.5 Å². The van der Waals surface area contributed by atoms with Crippen molar-refractivity contribution in [2.24, 2.45) is 0 Å². The van der Waals surface area contributed by atoms with E-state index in [-0.39, 0.29) is 10.6 Å². The van der Waals surface area contributed by atoms with Gasteiger partial charge in [0.1, 0.15) is 5.75 Å². The average molecular weight is 487 g/mol. The summed E-state index contributed by atoms with van der Waals surface area (Å²) in [6.07, 6.45) is 1.73. The van der Waals surface area contributed by atoms with Crippen LogP contribution in [0, 0.1) is 13.8 Å². The molecular formula is C27H22N2O3S2. The molecule has 0 spiro atoms. The van der Waals surface area contributed by atoms with Gasteiger partial charge in [-0.1, -0.05) is 66.4 Å². The Morgan fingerprint density at radius 3 is 2.44 bits per heavy atom. The van der Waals surface area contributed by atoms with Crippen LogP contribution in [0.3, 0.4) is 0 Å². The van der Waals surface area contributed by atoms with Gasteiger partial charge >= 0.3 is 0 Å². The highest BCUT2D eigenvalue weighted by Crippen LogP contribution is 2.44. The minimum Gasteiger partial charge on any atom is -0.506 e. The van der Waals surface area contributed by atoms with Gasteiger partial charge in [0.25, 0.3) is 10.0 Å². The monoisotopic (exact) mass is 486 g/mol. The Bertz CT molecular complexity index is 1660. The van der Waals surface area contributed by atoms with Crippen LogP contribution >= 0.6 is 11.8 Å². The fourth-order valence-corrected chi connectivity index (χ4v) is 6.41. The quantitative estimate of drug-likeness (QED) is 0.272. The number of sulfonamides is 1. The molecule has 34 heavy (non-hydrogen) atoms. The predicted octanol–water partition coefficient (Wildman–Crippen LogP) is 6.66. The molecule has 170 valence electrons. The molecule has 0 fully saturated rings. The molecule has 0 amide bonds. The van der Waals surface area contributed by atoms with Gasteiger partial charge in [0.15, 0.2) is 0 Å². The van der Waals surface area contributed by atoms with E-state index in [0.29, 0.717) is 26.9 Å². The number of fused-ring (bicyclic) bond motifs is 2. The number of aromatic nitrogens is 1. The molecule has 1 heterocycles. The first-order valence-electron chi connectivity index (χ1n) is 10.7. The van der Waals surface area contributed by atoms with Gasteiger partial charge in [0.2, 0.25) is 0 Å². The second-order valence-electron chi connectivity index (χ2n) is 8.12. The minimum absolute atomic E-state index is 0.100. The SMILES string of the molecule is Cc1ccc(C)c(S(=O)(=O)Nc2cc(Sc3cccc4cccnc34)c(O)c3ccccc23)c1. The Kier molecular flexibility index (Phi) is 5.67. The first kappa shape index (κ1) is 22.3. The summed E-state index contributed by atoms with van der Waals surface area (Å²) in [5.74, 6) is 0.100. The van der Waals surface area contributed by atoms with E-state index in [1.807, 2.05) is 55.5 Å². The van der Waals surface area contributed by atoms with Gasteiger partial charge in [0.05, 0.1) is 21.0 Å². The van der Waals surface area contributed by atoms with Crippen LogP contribution < -0.4 is 4.72 Å². The summed E-state index contributed by atoms with van der Waals surface area (Å²) in [6, 6.07) is 24.0. The smallest absolute Gasteiger partial charge is 0.262 e. The average Bonchev–Trinajstić information content (AvgIpc) is 2.83. The summed E-state index contributed by atoms with van der Waals surface area (Å²) in [4.78, 5) is 6.13. The number of nitrogens with one attached hydrogen (secondary N) is 1. The zero-order valence-corrected chi connectivity index (χ0v) is 20.2. The standard InChI is InChI=1S/C27H22N2O3S2/c1-17-12-13-18(2)25(15-17)34(31,32)29-22-16-24(27(30)21-10-4-3-9-20(21)22)33-23-11-5-7-19-8-6-14-28-26(19)23/h3-16,29-30H,1-2H3. The topological polar surface area (TPSA) is 79.3 Å². The summed E-state index contributed by atoms with van der Waals surface area (Å²) in [5, 5.41) is 13.3. The lowest BCUT2D eigenvalue weighted by Gasteiger charge is -2.16. The largest absolute Gasteiger partial charge is 0.506 e. The highest BCUT2D eigenvalue weighted by molar-refractivity contribution is 7.99. The number of hydrogen-bond donors (Lipinski definition) is 2.